The Balaban J connectivity index is 2.43. The second-order valence-corrected chi connectivity index (χ2v) is 6.71. The molecule has 0 bridgehead atoms. The third-order valence-electron chi connectivity index (χ3n) is 2.53. The Morgan fingerprint density at radius 1 is 1.50 bits per heavy atom. The van der Waals surface area contributed by atoms with Crippen LogP contribution >= 0.6 is 11.6 Å². The maximum Gasteiger partial charge on any atom is 0.152 e. The minimum Gasteiger partial charge on any atom is -0.458 e. The molecule has 0 aliphatic carbocycles. The molecule has 0 aliphatic heterocycles. The summed E-state index contributed by atoms with van der Waals surface area (Å²) in [4.78, 5) is 0. The highest BCUT2D eigenvalue weighted by Crippen LogP contribution is 2.29. The zero-order chi connectivity index (χ0) is 13.3. The van der Waals surface area contributed by atoms with Crippen LogP contribution in [0.4, 0.5) is 0 Å². The van der Waals surface area contributed by atoms with Gasteiger partial charge >= 0.3 is 0 Å². The minimum atomic E-state index is -3.17. The fourth-order valence-electron chi connectivity index (χ4n) is 1.73. The fraction of sp³-hybridized carbons (Fsp3) is 0.273. The summed E-state index contributed by atoms with van der Waals surface area (Å²) < 4.78 is 28.1. The molecule has 0 amide bonds. The molecule has 0 radical (unpaired) electrons. The van der Waals surface area contributed by atoms with Gasteiger partial charge in [-0.25, -0.2) is 13.8 Å². The lowest BCUT2D eigenvalue weighted by atomic mass is 10.2. The number of furan rings is 1. The summed E-state index contributed by atoms with van der Waals surface area (Å²) in [5.74, 6) is 5.68. The number of hydrogen-bond donors (Lipinski definition) is 2. The molecular weight excluding hydrogens is 276 g/mol. The highest BCUT2D eigenvalue weighted by atomic mass is 35.5. The summed E-state index contributed by atoms with van der Waals surface area (Å²) in [6.45, 7) is 0. The number of nitrogens with two attached hydrogens (primary N) is 1. The van der Waals surface area contributed by atoms with E-state index in [0.717, 1.165) is 11.6 Å². The molecule has 0 spiro atoms. The van der Waals surface area contributed by atoms with E-state index in [1.54, 1.807) is 18.2 Å². The van der Waals surface area contributed by atoms with Crippen LogP contribution in [-0.4, -0.2) is 20.4 Å². The lowest BCUT2D eigenvalue weighted by Gasteiger charge is -2.11. The summed E-state index contributed by atoms with van der Waals surface area (Å²) in [6, 6.07) is 6.48. The number of para-hydroxylation sites is 1. The van der Waals surface area contributed by atoms with Gasteiger partial charge in [0.25, 0.3) is 0 Å². The Labute approximate surface area is 110 Å². The molecule has 18 heavy (non-hydrogen) atoms. The molecule has 0 saturated carbocycles. The van der Waals surface area contributed by atoms with Gasteiger partial charge in [0.1, 0.15) is 15.6 Å². The lowest BCUT2D eigenvalue weighted by molar-refractivity contribution is 0.457. The number of hydrogen-bond acceptors (Lipinski definition) is 5. The van der Waals surface area contributed by atoms with Crippen LogP contribution in [0.25, 0.3) is 11.0 Å². The summed E-state index contributed by atoms with van der Waals surface area (Å²) in [5.41, 5.74) is 2.97. The highest BCUT2D eigenvalue weighted by Gasteiger charge is 2.20. The van der Waals surface area contributed by atoms with Crippen LogP contribution in [-0.2, 0) is 9.84 Å². The van der Waals surface area contributed by atoms with E-state index in [4.69, 9.17) is 21.9 Å². The normalized spacial score (nSPS) is 13.9. The van der Waals surface area contributed by atoms with Crippen LogP contribution in [0.2, 0.25) is 5.02 Å². The van der Waals surface area contributed by atoms with Gasteiger partial charge < -0.3 is 4.42 Å². The van der Waals surface area contributed by atoms with Gasteiger partial charge in [0, 0.05) is 11.6 Å². The molecular formula is C11H13ClN2O3S. The molecule has 1 heterocycles. The third-order valence-corrected chi connectivity index (χ3v) is 3.77. The van der Waals surface area contributed by atoms with Crippen molar-refractivity contribution in [2.45, 2.75) is 6.04 Å². The van der Waals surface area contributed by atoms with Crippen molar-refractivity contribution in [1.82, 2.24) is 5.43 Å². The monoisotopic (exact) mass is 288 g/mol. The number of halogens is 1. The van der Waals surface area contributed by atoms with E-state index in [1.165, 1.54) is 0 Å². The first kappa shape index (κ1) is 13.4. The van der Waals surface area contributed by atoms with Crippen molar-refractivity contribution >= 4 is 32.4 Å². The molecule has 5 nitrogen and oxygen atoms in total. The summed E-state index contributed by atoms with van der Waals surface area (Å²) >= 11 is 5.99. The van der Waals surface area contributed by atoms with Gasteiger partial charge in [-0.1, -0.05) is 23.7 Å². The fourth-order valence-corrected chi connectivity index (χ4v) is 2.82. The quantitative estimate of drug-likeness (QED) is 0.660. The van der Waals surface area contributed by atoms with Gasteiger partial charge in [-0.05, 0) is 12.1 Å². The average molecular weight is 289 g/mol. The Kier molecular flexibility index (Phi) is 3.63. The Morgan fingerprint density at radius 2 is 2.22 bits per heavy atom. The Bertz CT molecular complexity index is 666. The topological polar surface area (TPSA) is 85.3 Å². The molecule has 1 aromatic carbocycles. The maximum atomic E-state index is 11.3. The number of rotatable bonds is 4. The molecule has 0 aliphatic rings. The number of sulfone groups is 1. The van der Waals surface area contributed by atoms with Crippen LogP contribution < -0.4 is 11.3 Å². The first-order valence-electron chi connectivity index (χ1n) is 5.22. The SMILES string of the molecule is CS(=O)(=O)CC(NN)c1cc2cccc(Cl)c2o1. The average Bonchev–Trinajstić information content (AvgIpc) is 2.70. The van der Waals surface area contributed by atoms with E-state index >= 15 is 0 Å². The predicted octanol–water partition coefficient (Wildman–Crippen LogP) is 1.64. The van der Waals surface area contributed by atoms with Crippen LogP contribution in [0.1, 0.15) is 11.8 Å². The van der Waals surface area contributed by atoms with Crippen molar-refractivity contribution in [1.29, 1.82) is 0 Å². The van der Waals surface area contributed by atoms with Crippen LogP contribution in [0.3, 0.4) is 0 Å². The molecule has 1 unspecified atom stereocenters. The molecule has 1 aromatic heterocycles. The lowest BCUT2D eigenvalue weighted by Crippen LogP contribution is -2.32. The number of hydrazine groups is 1. The molecule has 2 rings (SSSR count). The van der Waals surface area contributed by atoms with E-state index in [1.807, 2.05) is 6.07 Å². The van der Waals surface area contributed by atoms with Crippen molar-refractivity contribution in [3.05, 3.63) is 35.0 Å². The Morgan fingerprint density at radius 3 is 2.78 bits per heavy atom. The standard InChI is InChI=1S/C11H13ClN2O3S/c1-18(15,16)6-9(14-13)10-5-7-3-2-4-8(12)11(7)17-10/h2-5,9,14H,6,13H2,1H3. The molecule has 7 heteroatoms. The predicted molar refractivity (Wildman–Crippen MR) is 71.0 cm³/mol. The third kappa shape index (κ3) is 2.84. The van der Waals surface area contributed by atoms with Crippen molar-refractivity contribution < 1.29 is 12.8 Å². The molecule has 98 valence electrons. The molecule has 0 fully saturated rings. The summed E-state index contributed by atoms with van der Waals surface area (Å²) in [7, 11) is -3.17. The molecule has 0 saturated heterocycles. The smallest absolute Gasteiger partial charge is 0.152 e. The molecule has 2 aromatic rings. The second-order valence-electron chi connectivity index (χ2n) is 4.12. The van der Waals surface area contributed by atoms with E-state index in [2.05, 4.69) is 5.43 Å². The number of nitrogens with one attached hydrogen (secondary N) is 1. The molecule has 1 atom stereocenters. The van der Waals surface area contributed by atoms with E-state index in [-0.39, 0.29) is 5.75 Å². The van der Waals surface area contributed by atoms with E-state index in [0.29, 0.717) is 16.4 Å². The van der Waals surface area contributed by atoms with Crippen molar-refractivity contribution in [2.24, 2.45) is 5.84 Å². The largest absolute Gasteiger partial charge is 0.458 e. The van der Waals surface area contributed by atoms with Crippen molar-refractivity contribution in [3.8, 4) is 0 Å². The Hall–Kier alpha value is -1.08. The maximum absolute atomic E-state index is 11.3. The first-order chi connectivity index (χ1) is 8.40. The zero-order valence-corrected chi connectivity index (χ0v) is 11.3. The summed E-state index contributed by atoms with van der Waals surface area (Å²) in [5, 5.41) is 1.29. The van der Waals surface area contributed by atoms with Gasteiger partial charge in [0.2, 0.25) is 0 Å². The second kappa shape index (κ2) is 4.89. The van der Waals surface area contributed by atoms with Gasteiger partial charge in [0.05, 0.1) is 16.8 Å². The van der Waals surface area contributed by atoms with Crippen LogP contribution in [0.5, 0.6) is 0 Å². The van der Waals surface area contributed by atoms with Crippen LogP contribution in [0, 0.1) is 0 Å². The van der Waals surface area contributed by atoms with Gasteiger partial charge in [-0.3, -0.25) is 5.84 Å². The van der Waals surface area contributed by atoms with Crippen molar-refractivity contribution in [2.75, 3.05) is 12.0 Å². The first-order valence-corrected chi connectivity index (χ1v) is 7.66. The van der Waals surface area contributed by atoms with Gasteiger partial charge in [0.15, 0.2) is 5.58 Å². The summed E-state index contributed by atoms with van der Waals surface area (Å²) in [6.07, 6.45) is 1.15. The van der Waals surface area contributed by atoms with Crippen molar-refractivity contribution in [3.63, 3.8) is 0 Å². The van der Waals surface area contributed by atoms with Gasteiger partial charge in [-0.15, -0.1) is 0 Å². The zero-order valence-electron chi connectivity index (χ0n) is 9.68. The molecule has 3 N–H and O–H groups in total. The van der Waals surface area contributed by atoms with Gasteiger partial charge in [-0.2, -0.15) is 0 Å². The number of benzene rings is 1. The highest BCUT2D eigenvalue weighted by molar-refractivity contribution is 7.90. The van der Waals surface area contributed by atoms with Crippen LogP contribution in [0.15, 0.2) is 28.7 Å². The number of fused-ring (bicyclic) bond motifs is 1. The van der Waals surface area contributed by atoms with E-state index < -0.39 is 15.9 Å². The minimum absolute atomic E-state index is 0.138. The van der Waals surface area contributed by atoms with E-state index in [9.17, 15) is 8.42 Å².